The lowest BCUT2D eigenvalue weighted by atomic mass is 9.95. The third-order valence-electron chi connectivity index (χ3n) is 6.61. The molecule has 0 spiro atoms. The zero-order valence-electron chi connectivity index (χ0n) is 22.8. The van der Waals surface area contributed by atoms with Crippen molar-refractivity contribution >= 4 is 29.4 Å². The molecule has 0 fully saturated rings. The first kappa shape index (κ1) is 27.8. The molecule has 0 N–H and O–H groups in total. The number of ether oxygens (including phenoxy) is 3. The van der Waals surface area contributed by atoms with Gasteiger partial charge in [0.25, 0.3) is 5.56 Å². The van der Waals surface area contributed by atoms with Crippen LogP contribution in [-0.2, 0) is 20.9 Å². The number of hydrogen-bond donors (Lipinski definition) is 0. The van der Waals surface area contributed by atoms with Crippen molar-refractivity contribution in [1.82, 2.24) is 4.57 Å². The van der Waals surface area contributed by atoms with Gasteiger partial charge in [-0.05, 0) is 49.2 Å². The highest BCUT2D eigenvalue weighted by molar-refractivity contribution is 7.07. The van der Waals surface area contributed by atoms with Crippen LogP contribution in [0.3, 0.4) is 0 Å². The number of benzene rings is 3. The molecule has 5 rings (SSSR count). The zero-order chi connectivity index (χ0) is 28.9. The number of aromatic nitrogens is 1. The molecule has 0 radical (unpaired) electrons. The average Bonchev–Trinajstić information content (AvgIpc) is 3.30. The number of esters is 2. The molecule has 9 heteroatoms. The summed E-state index contributed by atoms with van der Waals surface area (Å²) in [6, 6.07) is 22.7. The molecule has 1 aliphatic heterocycles. The van der Waals surface area contributed by atoms with Gasteiger partial charge in [0.2, 0.25) is 0 Å². The number of carbonyl (C=O) groups is 2. The number of thiazole rings is 1. The summed E-state index contributed by atoms with van der Waals surface area (Å²) in [7, 11) is 1.31. The summed E-state index contributed by atoms with van der Waals surface area (Å²) < 4.78 is 18.2. The molecule has 4 aromatic rings. The largest absolute Gasteiger partial charge is 0.493 e. The number of allylic oxidation sites excluding steroid dienone is 1. The summed E-state index contributed by atoms with van der Waals surface area (Å²) in [5.74, 6) is -0.395. The minimum Gasteiger partial charge on any atom is -0.493 e. The van der Waals surface area contributed by atoms with Gasteiger partial charge in [-0.2, -0.15) is 0 Å². The van der Waals surface area contributed by atoms with Gasteiger partial charge in [-0.3, -0.25) is 9.36 Å². The number of rotatable bonds is 8. The van der Waals surface area contributed by atoms with E-state index in [1.807, 2.05) is 61.5 Å². The Hall–Kier alpha value is -4.76. The summed E-state index contributed by atoms with van der Waals surface area (Å²) in [4.78, 5) is 44.7. The van der Waals surface area contributed by atoms with Gasteiger partial charge < -0.3 is 14.2 Å². The predicted molar refractivity (Wildman–Crippen MR) is 155 cm³/mol. The Balaban J connectivity index is 1.62. The van der Waals surface area contributed by atoms with Crippen molar-refractivity contribution in [3.05, 3.63) is 132 Å². The molecule has 1 aromatic heterocycles. The Morgan fingerprint density at radius 1 is 0.976 bits per heavy atom. The van der Waals surface area contributed by atoms with Crippen molar-refractivity contribution in [1.29, 1.82) is 0 Å². The van der Waals surface area contributed by atoms with Gasteiger partial charge >= 0.3 is 11.9 Å². The van der Waals surface area contributed by atoms with Crippen LogP contribution in [0, 0.1) is 0 Å². The van der Waals surface area contributed by atoms with Crippen molar-refractivity contribution in [2.24, 2.45) is 4.99 Å². The molecule has 1 aliphatic rings. The maximum atomic E-state index is 13.9. The van der Waals surface area contributed by atoms with Crippen molar-refractivity contribution < 1.29 is 23.8 Å². The van der Waals surface area contributed by atoms with Gasteiger partial charge in [-0.1, -0.05) is 72.0 Å². The summed E-state index contributed by atoms with van der Waals surface area (Å²) in [5.41, 5.74) is 2.97. The molecule has 3 aromatic carbocycles. The second kappa shape index (κ2) is 12.2. The highest BCUT2D eigenvalue weighted by atomic mass is 32.1. The number of fused-ring (bicyclic) bond motifs is 1. The topological polar surface area (TPSA) is 96.2 Å². The number of carbonyl (C=O) groups excluding carboxylic acids is 2. The fraction of sp³-hybridized carbons (Fsp3) is 0.188. The molecule has 1 unspecified atom stereocenters. The number of nitrogens with zero attached hydrogens (tertiary/aromatic N) is 2. The first-order valence-corrected chi connectivity index (χ1v) is 13.9. The molecule has 0 amide bonds. The lowest BCUT2D eigenvalue weighted by Gasteiger charge is -2.25. The van der Waals surface area contributed by atoms with Gasteiger partial charge in [-0.15, -0.1) is 0 Å². The lowest BCUT2D eigenvalue weighted by molar-refractivity contribution is -0.140. The van der Waals surface area contributed by atoms with Crippen molar-refractivity contribution in [3.63, 3.8) is 0 Å². The SMILES string of the molecule is CCOc1ccccc1C=c1sc2n(c1=O)C(c1ccc(C(=O)OC)cc1)C(C(=O)OCc1ccccc1)=C(C)N=2. The maximum absolute atomic E-state index is 13.9. The van der Waals surface area contributed by atoms with E-state index >= 15 is 0 Å². The van der Waals surface area contributed by atoms with Gasteiger partial charge in [0.1, 0.15) is 12.4 Å². The van der Waals surface area contributed by atoms with Crippen LogP contribution in [0.2, 0.25) is 0 Å². The standard InChI is InChI=1S/C32H28N2O6S/c1-4-39-25-13-9-8-12-24(25)18-26-29(35)34-28(22-14-16-23(17-15-22)30(36)38-3)27(20(2)33-32(34)41-26)31(37)40-19-21-10-6-5-7-11-21/h5-18,28H,4,19H2,1-3H3. The molecule has 0 bridgehead atoms. The van der Waals surface area contributed by atoms with E-state index in [0.29, 0.717) is 38.5 Å². The van der Waals surface area contributed by atoms with Crippen LogP contribution >= 0.6 is 11.3 Å². The van der Waals surface area contributed by atoms with Crippen LogP contribution < -0.4 is 19.6 Å². The number of para-hydroxylation sites is 1. The number of hydrogen-bond acceptors (Lipinski definition) is 8. The Morgan fingerprint density at radius 3 is 2.39 bits per heavy atom. The van der Waals surface area contributed by atoms with Crippen molar-refractivity contribution in [2.45, 2.75) is 26.5 Å². The van der Waals surface area contributed by atoms with E-state index in [9.17, 15) is 14.4 Å². The smallest absolute Gasteiger partial charge is 0.338 e. The lowest BCUT2D eigenvalue weighted by Crippen LogP contribution is -2.39. The average molecular weight is 569 g/mol. The van der Waals surface area contributed by atoms with Crippen LogP contribution in [-0.4, -0.2) is 30.2 Å². The summed E-state index contributed by atoms with van der Waals surface area (Å²) in [5, 5.41) is 0. The van der Waals surface area contributed by atoms with Gasteiger partial charge in [0, 0.05) is 5.56 Å². The first-order valence-electron chi connectivity index (χ1n) is 13.0. The van der Waals surface area contributed by atoms with E-state index in [4.69, 9.17) is 14.2 Å². The van der Waals surface area contributed by atoms with Gasteiger partial charge in [0.05, 0.1) is 41.1 Å². The monoisotopic (exact) mass is 568 g/mol. The predicted octanol–water partition coefficient (Wildman–Crippen LogP) is 4.16. The third-order valence-corrected chi connectivity index (χ3v) is 7.59. The first-order chi connectivity index (χ1) is 19.9. The quantitative estimate of drug-likeness (QED) is 0.296. The van der Waals surface area contributed by atoms with E-state index in [-0.39, 0.29) is 17.7 Å². The van der Waals surface area contributed by atoms with Crippen LogP contribution in [0.25, 0.3) is 6.08 Å². The fourth-order valence-electron chi connectivity index (χ4n) is 4.65. The molecule has 0 saturated carbocycles. The van der Waals surface area contributed by atoms with Crippen molar-refractivity contribution in [3.8, 4) is 5.75 Å². The van der Waals surface area contributed by atoms with E-state index < -0.39 is 18.0 Å². The van der Waals surface area contributed by atoms with Gasteiger partial charge in [0.15, 0.2) is 4.80 Å². The maximum Gasteiger partial charge on any atom is 0.338 e. The Bertz CT molecular complexity index is 1800. The molecule has 2 heterocycles. The van der Waals surface area contributed by atoms with E-state index in [1.54, 1.807) is 37.3 Å². The van der Waals surface area contributed by atoms with Gasteiger partial charge in [-0.25, -0.2) is 14.6 Å². The van der Waals surface area contributed by atoms with E-state index in [2.05, 4.69) is 4.99 Å². The summed E-state index contributed by atoms with van der Waals surface area (Å²) in [6.45, 7) is 4.19. The van der Waals surface area contributed by atoms with Crippen LogP contribution in [0.15, 0.2) is 99.9 Å². The molecule has 0 aliphatic carbocycles. The molecule has 1 atom stereocenters. The van der Waals surface area contributed by atoms with Crippen LogP contribution in [0.1, 0.15) is 46.9 Å². The second-order valence-corrected chi connectivity index (χ2v) is 10.2. The van der Waals surface area contributed by atoms with E-state index in [0.717, 1.165) is 11.1 Å². The molecule has 0 saturated heterocycles. The Morgan fingerprint density at radius 2 is 1.68 bits per heavy atom. The molecular weight excluding hydrogens is 540 g/mol. The van der Waals surface area contributed by atoms with Crippen LogP contribution in [0.5, 0.6) is 5.75 Å². The Labute approximate surface area is 240 Å². The summed E-state index contributed by atoms with van der Waals surface area (Å²) >= 11 is 1.23. The molecule has 41 heavy (non-hydrogen) atoms. The highest BCUT2D eigenvalue weighted by Gasteiger charge is 2.33. The number of methoxy groups -OCH3 is 1. The Kier molecular flexibility index (Phi) is 8.26. The molecule has 208 valence electrons. The minimum atomic E-state index is -0.814. The highest BCUT2D eigenvalue weighted by Crippen LogP contribution is 2.31. The molecular formula is C32H28N2O6S. The summed E-state index contributed by atoms with van der Waals surface area (Å²) in [6.07, 6.45) is 1.78. The minimum absolute atomic E-state index is 0.0725. The molecule has 8 nitrogen and oxygen atoms in total. The third kappa shape index (κ3) is 5.76. The zero-order valence-corrected chi connectivity index (χ0v) is 23.6. The second-order valence-electron chi connectivity index (χ2n) is 9.23. The van der Waals surface area contributed by atoms with E-state index in [1.165, 1.54) is 23.0 Å². The fourth-order valence-corrected chi connectivity index (χ4v) is 5.68. The normalized spacial score (nSPS) is 14.7. The van der Waals surface area contributed by atoms with Crippen molar-refractivity contribution in [2.75, 3.05) is 13.7 Å². The van der Waals surface area contributed by atoms with Crippen LogP contribution in [0.4, 0.5) is 0 Å².